The number of ether oxygens (including phenoxy) is 1. The van der Waals surface area contributed by atoms with Gasteiger partial charge in [-0.3, -0.25) is 9.82 Å². The highest BCUT2D eigenvalue weighted by Crippen LogP contribution is 2.20. The van der Waals surface area contributed by atoms with E-state index >= 15 is 0 Å². The fourth-order valence-electron chi connectivity index (χ4n) is 2.72. The topological polar surface area (TPSA) is 109 Å². The van der Waals surface area contributed by atoms with Gasteiger partial charge in [0, 0.05) is 13.2 Å². The Morgan fingerprint density at radius 3 is 2.79 bits per heavy atom. The third-order valence-electron chi connectivity index (χ3n) is 3.89. The van der Waals surface area contributed by atoms with Crippen molar-refractivity contribution in [3.8, 4) is 0 Å². The molecule has 1 aliphatic heterocycles. The lowest BCUT2D eigenvalue weighted by atomic mass is 10.2. The Balaban J connectivity index is 1.65. The van der Waals surface area contributed by atoms with Gasteiger partial charge in [0.2, 0.25) is 0 Å². The lowest BCUT2D eigenvalue weighted by molar-refractivity contribution is 0.120. The fraction of sp³-hybridized carbons (Fsp3) is 0.467. The van der Waals surface area contributed by atoms with Crippen LogP contribution in [-0.2, 0) is 14.8 Å². The standard InChI is InChI=1S/C15H21N5O3S/c1-10-15(11(2)19-18-10)24(21,22)20-14-6-5-12(8-17-14)16-9-13-4-3-7-23-13/h5-6,8,13,16H,3-4,7,9H2,1-2H3,(H,17,20)(H,18,19). The second-order valence-electron chi connectivity index (χ2n) is 5.82. The molecular weight excluding hydrogens is 330 g/mol. The molecule has 9 heteroatoms. The summed E-state index contributed by atoms with van der Waals surface area (Å²) in [6.45, 7) is 4.85. The van der Waals surface area contributed by atoms with Crippen LogP contribution in [0.4, 0.5) is 11.5 Å². The van der Waals surface area contributed by atoms with E-state index in [0.717, 1.165) is 31.7 Å². The molecule has 0 spiro atoms. The average Bonchev–Trinajstić information content (AvgIpc) is 3.16. The molecule has 3 rings (SSSR count). The molecule has 0 aliphatic carbocycles. The van der Waals surface area contributed by atoms with Crippen molar-refractivity contribution >= 4 is 21.5 Å². The third-order valence-corrected chi connectivity index (χ3v) is 5.51. The number of aromatic nitrogens is 3. The summed E-state index contributed by atoms with van der Waals surface area (Å²) in [6.07, 6.45) is 3.98. The number of aryl methyl sites for hydroxylation is 2. The monoisotopic (exact) mass is 351 g/mol. The summed E-state index contributed by atoms with van der Waals surface area (Å²) in [7, 11) is -3.72. The maximum atomic E-state index is 12.4. The van der Waals surface area contributed by atoms with Crippen molar-refractivity contribution in [3.63, 3.8) is 0 Å². The summed E-state index contributed by atoms with van der Waals surface area (Å²) < 4.78 is 32.9. The molecule has 1 fully saturated rings. The van der Waals surface area contributed by atoms with Crippen LogP contribution in [0.3, 0.4) is 0 Å². The summed E-state index contributed by atoms with van der Waals surface area (Å²) in [5, 5.41) is 9.83. The van der Waals surface area contributed by atoms with Gasteiger partial charge in [0.1, 0.15) is 10.7 Å². The van der Waals surface area contributed by atoms with Gasteiger partial charge >= 0.3 is 0 Å². The predicted molar refractivity (Wildman–Crippen MR) is 90.6 cm³/mol. The molecule has 0 amide bonds. The largest absolute Gasteiger partial charge is 0.381 e. The normalized spacial score (nSPS) is 17.8. The molecule has 0 aromatic carbocycles. The molecule has 2 aromatic rings. The van der Waals surface area contributed by atoms with Crippen LogP contribution in [-0.4, -0.2) is 42.9 Å². The van der Waals surface area contributed by atoms with Crippen LogP contribution in [0.25, 0.3) is 0 Å². The van der Waals surface area contributed by atoms with E-state index in [9.17, 15) is 8.42 Å². The van der Waals surface area contributed by atoms with E-state index in [1.165, 1.54) is 0 Å². The highest BCUT2D eigenvalue weighted by Gasteiger charge is 2.22. The van der Waals surface area contributed by atoms with Crippen LogP contribution in [0.5, 0.6) is 0 Å². The van der Waals surface area contributed by atoms with E-state index in [4.69, 9.17) is 4.74 Å². The number of sulfonamides is 1. The summed E-state index contributed by atoms with van der Waals surface area (Å²) in [6, 6.07) is 3.41. The Labute approximate surface area is 141 Å². The smallest absolute Gasteiger partial charge is 0.266 e. The van der Waals surface area contributed by atoms with E-state index in [-0.39, 0.29) is 16.8 Å². The zero-order chi connectivity index (χ0) is 17.2. The lowest BCUT2D eigenvalue weighted by Crippen LogP contribution is -2.18. The van der Waals surface area contributed by atoms with E-state index in [0.29, 0.717) is 11.4 Å². The molecule has 1 aliphatic rings. The first kappa shape index (κ1) is 16.7. The Morgan fingerprint density at radius 2 is 2.21 bits per heavy atom. The number of nitrogens with one attached hydrogen (secondary N) is 3. The molecule has 0 bridgehead atoms. The molecule has 24 heavy (non-hydrogen) atoms. The van der Waals surface area contributed by atoms with Crippen LogP contribution in [0.15, 0.2) is 23.2 Å². The number of H-pyrrole nitrogens is 1. The van der Waals surface area contributed by atoms with Gasteiger partial charge in [-0.1, -0.05) is 0 Å². The number of hydrogen-bond donors (Lipinski definition) is 3. The second kappa shape index (κ2) is 6.78. The molecule has 130 valence electrons. The van der Waals surface area contributed by atoms with Crippen LogP contribution < -0.4 is 10.0 Å². The van der Waals surface area contributed by atoms with Gasteiger partial charge in [-0.25, -0.2) is 13.4 Å². The minimum Gasteiger partial charge on any atom is -0.381 e. The molecular formula is C15H21N5O3S. The van der Waals surface area contributed by atoms with Crippen molar-refractivity contribution in [2.24, 2.45) is 0 Å². The molecule has 0 saturated carbocycles. The van der Waals surface area contributed by atoms with Crippen molar-refractivity contribution in [3.05, 3.63) is 29.7 Å². The lowest BCUT2D eigenvalue weighted by Gasteiger charge is -2.12. The Bertz CT molecular complexity index is 776. The number of hydrogen-bond acceptors (Lipinski definition) is 6. The third kappa shape index (κ3) is 3.68. The first-order valence-corrected chi connectivity index (χ1v) is 9.30. The van der Waals surface area contributed by atoms with Gasteiger partial charge in [0.05, 0.1) is 29.4 Å². The van der Waals surface area contributed by atoms with Gasteiger partial charge in [0.15, 0.2) is 0 Å². The van der Waals surface area contributed by atoms with Crippen molar-refractivity contribution in [1.29, 1.82) is 0 Å². The molecule has 3 N–H and O–H groups in total. The molecule has 2 aromatic heterocycles. The SMILES string of the molecule is Cc1n[nH]c(C)c1S(=O)(=O)Nc1ccc(NCC2CCCO2)cn1. The highest BCUT2D eigenvalue weighted by atomic mass is 32.2. The van der Waals surface area contributed by atoms with E-state index < -0.39 is 10.0 Å². The Hall–Kier alpha value is -2.13. The quantitative estimate of drug-likeness (QED) is 0.732. The maximum absolute atomic E-state index is 12.4. The van der Waals surface area contributed by atoms with Crippen LogP contribution in [0, 0.1) is 13.8 Å². The number of nitrogens with zero attached hydrogens (tertiary/aromatic N) is 2. The number of anilines is 2. The van der Waals surface area contributed by atoms with E-state index in [2.05, 4.69) is 25.2 Å². The number of aromatic amines is 1. The van der Waals surface area contributed by atoms with Crippen LogP contribution >= 0.6 is 0 Å². The summed E-state index contributed by atoms with van der Waals surface area (Å²) >= 11 is 0. The van der Waals surface area contributed by atoms with Gasteiger partial charge < -0.3 is 10.1 Å². The van der Waals surface area contributed by atoms with Crippen LogP contribution in [0.2, 0.25) is 0 Å². The van der Waals surface area contributed by atoms with Gasteiger partial charge in [-0.15, -0.1) is 0 Å². The van der Waals surface area contributed by atoms with Gasteiger partial charge in [0.25, 0.3) is 10.0 Å². The molecule has 3 heterocycles. The zero-order valence-corrected chi connectivity index (χ0v) is 14.5. The summed E-state index contributed by atoms with van der Waals surface area (Å²) in [4.78, 5) is 4.31. The number of pyridine rings is 1. The zero-order valence-electron chi connectivity index (χ0n) is 13.7. The Morgan fingerprint density at radius 1 is 1.38 bits per heavy atom. The molecule has 1 saturated heterocycles. The molecule has 0 radical (unpaired) electrons. The first-order valence-electron chi connectivity index (χ1n) is 7.81. The van der Waals surface area contributed by atoms with Crippen LogP contribution in [0.1, 0.15) is 24.2 Å². The van der Waals surface area contributed by atoms with Crippen molar-refractivity contribution in [2.45, 2.75) is 37.7 Å². The average molecular weight is 351 g/mol. The summed E-state index contributed by atoms with van der Waals surface area (Å²) in [5.41, 5.74) is 1.74. The van der Waals surface area contributed by atoms with Crippen molar-refractivity contribution < 1.29 is 13.2 Å². The summed E-state index contributed by atoms with van der Waals surface area (Å²) in [5.74, 6) is 0.262. The molecule has 1 atom stereocenters. The van der Waals surface area contributed by atoms with E-state index in [1.807, 2.05) is 0 Å². The minimum absolute atomic E-state index is 0.157. The predicted octanol–water partition coefficient (Wildman–Crippen LogP) is 1.81. The van der Waals surface area contributed by atoms with Crippen molar-refractivity contribution in [1.82, 2.24) is 15.2 Å². The maximum Gasteiger partial charge on any atom is 0.266 e. The Kier molecular flexibility index (Phi) is 4.72. The fourth-order valence-corrected chi connectivity index (χ4v) is 4.10. The van der Waals surface area contributed by atoms with Gasteiger partial charge in [-0.2, -0.15) is 5.10 Å². The molecule has 8 nitrogen and oxygen atoms in total. The first-order chi connectivity index (χ1) is 11.5. The minimum atomic E-state index is -3.72. The second-order valence-corrected chi connectivity index (χ2v) is 7.44. The molecule has 1 unspecified atom stereocenters. The van der Waals surface area contributed by atoms with Crippen molar-refractivity contribution in [2.75, 3.05) is 23.2 Å². The highest BCUT2D eigenvalue weighted by molar-refractivity contribution is 7.92. The van der Waals surface area contributed by atoms with Gasteiger partial charge in [-0.05, 0) is 38.8 Å². The number of rotatable bonds is 6. The van der Waals surface area contributed by atoms with E-state index in [1.54, 1.807) is 32.2 Å².